The Bertz CT molecular complexity index is 226. The number of ether oxygens (including phenoxy) is 1. The summed E-state index contributed by atoms with van der Waals surface area (Å²) in [7, 11) is 0. The van der Waals surface area contributed by atoms with Crippen LogP contribution >= 0.6 is 23.4 Å². The lowest BCUT2D eigenvalue weighted by Crippen LogP contribution is -2.42. The molecule has 0 bridgehead atoms. The van der Waals surface area contributed by atoms with Gasteiger partial charge in [0.15, 0.2) is 0 Å². The van der Waals surface area contributed by atoms with Crippen LogP contribution in [0.1, 0.15) is 19.8 Å². The fourth-order valence-electron chi connectivity index (χ4n) is 1.08. The normalized spacial score (nSPS) is 11.9. The molecule has 0 aromatic heterocycles. The monoisotopic (exact) mass is 267 g/mol. The number of hydrogen-bond acceptors (Lipinski definition) is 4. The van der Waals surface area contributed by atoms with E-state index in [0.717, 1.165) is 5.75 Å². The minimum Gasteiger partial charge on any atom is -0.464 e. The van der Waals surface area contributed by atoms with E-state index in [1.807, 2.05) is 6.26 Å². The number of rotatable bonds is 8. The summed E-state index contributed by atoms with van der Waals surface area (Å²) in [5, 5.41) is 2.63. The fraction of sp³-hybridized carbons (Fsp3) is 0.800. The van der Waals surface area contributed by atoms with Gasteiger partial charge in [0.05, 0.1) is 6.61 Å². The fourth-order valence-corrected chi connectivity index (χ4v) is 1.72. The number of hydrogen-bond donors (Lipinski definition) is 1. The molecule has 1 unspecified atom stereocenters. The molecular weight excluding hydrogens is 250 g/mol. The maximum Gasteiger partial charge on any atom is 0.328 e. The number of halogens is 1. The van der Waals surface area contributed by atoms with Gasteiger partial charge in [0.1, 0.15) is 6.04 Å². The molecule has 4 nitrogen and oxygen atoms in total. The Morgan fingerprint density at radius 1 is 1.50 bits per heavy atom. The van der Waals surface area contributed by atoms with Gasteiger partial charge in [-0.05, 0) is 25.4 Å². The van der Waals surface area contributed by atoms with E-state index < -0.39 is 6.04 Å². The van der Waals surface area contributed by atoms with Crippen molar-refractivity contribution < 1.29 is 14.3 Å². The van der Waals surface area contributed by atoms with Crippen LogP contribution < -0.4 is 5.32 Å². The minimum absolute atomic E-state index is 0.214. The van der Waals surface area contributed by atoms with Gasteiger partial charge in [0, 0.05) is 12.3 Å². The van der Waals surface area contributed by atoms with Crippen LogP contribution in [-0.2, 0) is 14.3 Å². The highest BCUT2D eigenvalue weighted by atomic mass is 35.5. The van der Waals surface area contributed by atoms with Crippen molar-refractivity contribution in [1.82, 2.24) is 5.32 Å². The molecule has 16 heavy (non-hydrogen) atoms. The Balaban J connectivity index is 4.18. The highest BCUT2D eigenvalue weighted by molar-refractivity contribution is 7.98. The van der Waals surface area contributed by atoms with Gasteiger partial charge < -0.3 is 10.1 Å². The number of nitrogens with one attached hydrogen (secondary N) is 1. The van der Waals surface area contributed by atoms with E-state index >= 15 is 0 Å². The third-order valence-corrected chi connectivity index (χ3v) is 2.67. The van der Waals surface area contributed by atoms with Crippen molar-refractivity contribution in [1.29, 1.82) is 0 Å². The molecular formula is C10H18ClNO3S. The quantitative estimate of drug-likeness (QED) is 0.534. The van der Waals surface area contributed by atoms with E-state index in [2.05, 4.69) is 5.32 Å². The number of carbonyl (C=O) groups excluding carboxylic acids is 2. The topological polar surface area (TPSA) is 55.4 Å². The first-order valence-electron chi connectivity index (χ1n) is 5.16. The molecule has 0 saturated heterocycles. The summed E-state index contributed by atoms with van der Waals surface area (Å²) in [4.78, 5) is 22.8. The Morgan fingerprint density at radius 2 is 2.19 bits per heavy atom. The summed E-state index contributed by atoms with van der Waals surface area (Å²) >= 11 is 7.06. The molecule has 0 saturated carbocycles. The molecule has 0 aliphatic heterocycles. The lowest BCUT2D eigenvalue weighted by atomic mass is 10.2. The zero-order valence-corrected chi connectivity index (χ0v) is 11.2. The van der Waals surface area contributed by atoms with E-state index in [1.54, 1.807) is 18.7 Å². The Morgan fingerprint density at radius 3 is 2.69 bits per heavy atom. The van der Waals surface area contributed by atoms with Gasteiger partial charge in [-0.2, -0.15) is 11.8 Å². The van der Waals surface area contributed by atoms with Crippen LogP contribution in [0.15, 0.2) is 0 Å². The average Bonchev–Trinajstić information content (AvgIpc) is 2.24. The summed E-state index contributed by atoms with van der Waals surface area (Å²) in [5.74, 6) is 0.461. The van der Waals surface area contributed by atoms with E-state index in [-0.39, 0.29) is 24.2 Å². The second kappa shape index (κ2) is 9.78. The van der Waals surface area contributed by atoms with Gasteiger partial charge in [-0.15, -0.1) is 11.6 Å². The first-order chi connectivity index (χ1) is 7.65. The van der Waals surface area contributed by atoms with E-state index in [9.17, 15) is 9.59 Å². The number of amides is 1. The summed E-state index contributed by atoms with van der Waals surface area (Å²) in [6.45, 7) is 2.06. The molecule has 0 aliphatic carbocycles. The molecule has 1 amide bonds. The third kappa shape index (κ3) is 6.95. The molecule has 0 spiro atoms. The van der Waals surface area contributed by atoms with Crippen LogP contribution in [-0.4, -0.2) is 42.4 Å². The lowest BCUT2D eigenvalue weighted by molar-refractivity contribution is -0.147. The van der Waals surface area contributed by atoms with Crippen molar-refractivity contribution in [2.24, 2.45) is 0 Å². The molecule has 0 fully saturated rings. The standard InChI is InChI=1S/C10H18ClNO3S/c1-3-15-10(14)8(5-7-16-2)12-9(13)4-6-11/h8H,3-7H2,1-2H3,(H,12,13). The van der Waals surface area contributed by atoms with E-state index in [1.165, 1.54) is 0 Å². The molecule has 1 N–H and O–H groups in total. The summed E-state index contributed by atoms with van der Waals surface area (Å²) in [6, 6.07) is -0.553. The van der Waals surface area contributed by atoms with Crippen LogP contribution in [0.5, 0.6) is 0 Å². The van der Waals surface area contributed by atoms with Gasteiger partial charge in [-0.25, -0.2) is 4.79 Å². The van der Waals surface area contributed by atoms with Gasteiger partial charge in [0.25, 0.3) is 0 Å². The Labute approximate surface area is 105 Å². The molecule has 6 heteroatoms. The summed E-state index contributed by atoms with van der Waals surface area (Å²) in [5.41, 5.74) is 0. The van der Waals surface area contributed by atoms with Crippen molar-refractivity contribution in [3.8, 4) is 0 Å². The zero-order valence-electron chi connectivity index (χ0n) is 9.62. The van der Waals surface area contributed by atoms with Crippen molar-refractivity contribution in [2.45, 2.75) is 25.8 Å². The van der Waals surface area contributed by atoms with Crippen molar-refractivity contribution >= 4 is 35.2 Å². The van der Waals surface area contributed by atoms with Crippen LogP contribution in [0.3, 0.4) is 0 Å². The molecule has 0 aliphatic rings. The van der Waals surface area contributed by atoms with Gasteiger partial charge >= 0.3 is 5.97 Å². The molecule has 0 radical (unpaired) electrons. The largest absolute Gasteiger partial charge is 0.464 e. The predicted molar refractivity (Wildman–Crippen MR) is 66.9 cm³/mol. The smallest absolute Gasteiger partial charge is 0.328 e. The van der Waals surface area contributed by atoms with E-state index in [4.69, 9.17) is 16.3 Å². The number of carbonyl (C=O) groups is 2. The lowest BCUT2D eigenvalue weighted by Gasteiger charge is -2.16. The predicted octanol–water partition coefficient (Wildman–Crippen LogP) is 1.42. The van der Waals surface area contributed by atoms with Crippen LogP contribution in [0.25, 0.3) is 0 Å². The highest BCUT2D eigenvalue weighted by Crippen LogP contribution is 2.03. The third-order valence-electron chi connectivity index (χ3n) is 1.84. The number of esters is 1. The molecule has 94 valence electrons. The average molecular weight is 268 g/mol. The van der Waals surface area contributed by atoms with Gasteiger partial charge in [-0.1, -0.05) is 0 Å². The molecule has 0 rings (SSSR count). The number of thioether (sulfide) groups is 1. The highest BCUT2D eigenvalue weighted by Gasteiger charge is 2.20. The van der Waals surface area contributed by atoms with Crippen molar-refractivity contribution in [3.63, 3.8) is 0 Å². The molecule has 0 aromatic rings. The second-order valence-electron chi connectivity index (χ2n) is 3.09. The maximum absolute atomic E-state index is 11.5. The minimum atomic E-state index is -0.553. The second-order valence-corrected chi connectivity index (χ2v) is 4.46. The summed E-state index contributed by atoms with van der Waals surface area (Å²) < 4.78 is 4.88. The van der Waals surface area contributed by atoms with Crippen molar-refractivity contribution in [2.75, 3.05) is 24.5 Å². The Kier molecular flexibility index (Phi) is 9.52. The molecule has 1 atom stereocenters. The molecule has 0 aromatic carbocycles. The first kappa shape index (κ1) is 15.6. The number of alkyl halides is 1. The van der Waals surface area contributed by atoms with Crippen LogP contribution in [0.2, 0.25) is 0 Å². The maximum atomic E-state index is 11.5. The Hall–Kier alpha value is -0.420. The van der Waals surface area contributed by atoms with Gasteiger partial charge in [-0.3, -0.25) is 4.79 Å². The van der Waals surface area contributed by atoms with Gasteiger partial charge in [0.2, 0.25) is 5.91 Å². The SMILES string of the molecule is CCOC(=O)C(CCSC)NC(=O)CCCl. The zero-order chi connectivity index (χ0) is 12.4. The van der Waals surface area contributed by atoms with Crippen LogP contribution in [0, 0.1) is 0 Å². The van der Waals surface area contributed by atoms with E-state index in [0.29, 0.717) is 13.0 Å². The first-order valence-corrected chi connectivity index (χ1v) is 7.09. The summed E-state index contributed by atoms with van der Waals surface area (Å²) in [6.07, 6.45) is 2.74. The molecule has 0 heterocycles. The van der Waals surface area contributed by atoms with Crippen molar-refractivity contribution in [3.05, 3.63) is 0 Å². The van der Waals surface area contributed by atoms with Crippen LogP contribution in [0.4, 0.5) is 0 Å².